The number of anilines is 1. The lowest BCUT2D eigenvalue weighted by Gasteiger charge is -2.35. The Morgan fingerprint density at radius 3 is 2.31 bits per heavy atom. The molecule has 2 aromatic heterocycles. The van der Waals surface area contributed by atoms with Crippen molar-refractivity contribution in [2.45, 2.75) is 26.4 Å². The topological polar surface area (TPSA) is 42.1 Å². The smallest absolute Gasteiger partial charge is 0.204 e. The number of rotatable bonds is 6. The summed E-state index contributed by atoms with van der Waals surface area (Å²) in [6.45, 7) is 8.05. The maximum Gasteiger partial charge on any atom is 0.204 e. The van der Waals surface area contributed by atoms with Crippen LogP contribution in [-0.2, 0) is 6.67 Å². The predicted octanol–water partition coefficient (Wildman–Crippen LogP) is 5.51. The highest BCUT2D eigenvalue weighted by Gasteiger charge is 2.22. The van der Waals surface area contributed by atoms with Crippen LogP contribution in [0.3, 0.4) is 0 Å². The third kappa shape index (κ3) is 4.76. The number of hydrogen-bond acceptors (Lipinski definition) is 5. The first-order chi connectivity index (χ1) is 17.0. The second kappa shape index (κ2) is 10.1. The molecule has 1 aliphatic rings. The van der Waals surface area contributed by atoms with Gasteiger partial charge in [0.25, 0.3) is 0 Å². The van der Waals surface area contributed by atoms with Crippen LogP contribution in [0.4, 0.5) is 10.1 Å². The van der Waals surface area contributed by atoms with E-state index in [0.717, 1.165) is 43.3 Å². The van der Waals surface area contributed by atoms with E-state index in [2.05, 4.69) is 51.4 Å². The second-order valence-electron chi connectivity index (χ2n) is 9.09. The van der Waals surface area contributed by atoms with Crippen LogP contribution in [0.1, 0.15) is 25.3 Å². The Bertz CT molecular complexity index is 1360. The van der Waals surface area contributed by atoms with Gasteiger partial charge in [0, 0.05) is 44.1 Å². The largest absolute Gasteiger partial charge is 0.367 e. The van der Waals surface area contributed by atoms with Crippen molar-refractivity contribution in [1.29, 1.82) is 0 Å². The van der Waals surface area contributed by atoms with Gasteiger partial charge in [-0.25, -0.2) is 9.07 Å². The first kappa shape index (κ1) is 23.4. The summed E-state index contributed by atoms with van der Waals surface area (Å²) < 4.78 is 18.8. The van der Waals surface area contributed by atoms with Crippen molar-refractivity contribution in [2.24, 2.45) is 0 Å². The van der Waals surface area contributed by atoms with Crippen LogP contribution in [0.5, 0.6) is 0 Å². The molecule has 5 rings (SSSR count). The molecule has 0 unspecified atom stereocenters. The van der Waals surface area contributed by atoms with Gasteiger partial charge in [-0.2, -0.15) is 0 Å². The molecule has 8 heteroatoms. The van der Waals surface area contributed by atoms with Gasteiger partial charge in [0.2, 0.25) is 4.77 Å². The van der Waals surface area contributed by atoms with Crippen molar-refractivity contribution in [3.63, 3.8) is 0 Å². The first-order valence-corrected chi connectivity index (χ1v) is 12.3. The maximum atomic E-state index is 14.2. The average molecular weight is 489 g/mol. The number of nitrogens with zero attached hydrogens (tertiary/aromatic N) is 6. The molecule has 0 bridgehead atoms. The average Bonchev–Trinajstić information content (AvgIpc) is 3.21. The lowest BCUT2D eigenvalue weighted by Crippen LogP contribution is -2.47. The summed E-state index contributed by atoms with van der Waals surface area (Å²) in [6, 6.07) is 19.2. The van der Waals surface area contributed by atoms with E-state index in [0.29, 0.717) is 23.0 Å². The van der Waals surface area contributed by atoms with Gasteiger partial charge < -0.3 is 4.90 Å². The monoisotopic (exact) mass is 488 g/mol. The molecule has 0 radical (unpaired) electrons. The molecule has 6 nitrogen and oxygen atoms in total. The third-order valence-electron chi connectivity index (χ3n) is 6.46. The standard InChI is InChI=1S/C27H29FN6S/c1-20(2)22-9-3-5-11-24(22)34-26(21-8-7-13-29-18-21)30-33(27(34)35)19-31-14-16-32(17-15-31)25-12-6-4-10-23(25)28/h3-13,18,20H,14-17,19H2,1-2H3. The van der Waals surface area contributed by atoms with Gasteiger partial charge in [-0.1, -0.05) is 44.2 Å². The molecule has 0 amide bonds. The minimum Gasteiger partial charge on any atom is -0.367 e. The molecule has 1 aliphatic heterocycles. The molecule has 1 saturated heterocycles. The summed E-state index contributed by atoms with van der Waals surface area (Å²) in [4.78, 5) is 8.72. The number of hydrogen-bond donors (Lipinski definition) is 0. The van der Waals surface area contributed by atoms with Crippen molar-refractivity contribution < 1.29 is 4.39 Å². The molecule has 35 heavy (non-hydrogen) atoms. The van der Waals surface area contributed by atoms with Crippen molar-refractivity contribution in [2.75, 3.05) is 31.1 Å². The van der Waals surface area contributed by atoms with Crippen LogP contribution in [0.2, 0.25) is 0 Å². The summed E-state index contributed by atoms with van der Waals surface area (Å²) in [6.07, 6.45) is 3.58. The fraction of sp³-hybridized carbons (Fsp3) is 0.296. The van der Waals surface area contributed by atoms with E-state index in [1.54, 1.807) is 12.3 Å². The Kier molecular flexibility index (Phi) is 6.74. The zero-order valence-corrected chi connectivity index (χ0v) is 20.8. The van der Waals surface area contributed by atoms with Crippen LogP contribution in [0, 0.1) is 10.6 Å². The summed E-state index contributed by atoms with van der Waals surface area (Å²) in [5.41, 5.74) is 3.84. The van der Waals surface area contributed by atoms with E-state index in [1.165, 1.54) is 11.6 Å². The normalized spacial score (nSPS) is 14.6. The molecule has 2 aromatic carbocycles. The molecule has 0 atom stereocenters. The van der Waals surface area contributed by atoms with Crippen molar-refractivity contribution in [1.82, 2.24) is 24.2 Å². The summed E-state index contributed by atoms with van der Waals surface area (Å²) >= 11 is 5.98. The fourth-order valence-corrected chi connectivity index (χ4v) is 4.89. The van der Waals surface area contributed by atoms with Crippen LogP contribution >= 0.6 is 12.2 Å². The van der Waals surface area contributed by atoms with E-state index in [4.69, 9.17) is 17.3 Å². The molecule has 0 N–H and O–H groups in total. The van der Waals surface area contributed by atoms with Gasteiger partial charge in [-0.15, -0.1) is 5.10 Å². The van der Waals surface area contributed by atoms with Gasteiger partial charge >= 0.3 is 0 Å². The van der Waals surface area contributed by atoms with Crippen molar-refractivity contribution in [3.05, 3.63) is 89.2 Å². The van der Waals surface area contributed by atoms with E-state index in [9.17, 15) is 4.39 Å². The van der Waals surface area contributed by atoms with Crippen molar-refractivity contribution in [3.8, 4) is 17.1 Å². The number of para-hydroxylation sites is 2. The van der Waals surface area contributed by atoms with E-state index in [1.807, 2.05) is 41.2 Å². The SMILES string of the molecule is CC(C)c1ccccc1-n1c(-c2cccnc2)nn(CN2CCN(c3ccccc3F)CC2)c1=S. The predicted molar refractivity (Wildman–Crippen MR) is 140 cm³/mol. The second-order valence-corrected chi connectivity index (χ2v) is 9.46. The van der Waals surface area contributed by atoms with Gasteiger partial charge in [0.15, 0.2) is 5.82 Å². The number of aromatic nitrogens is 4. The Morgan fingerprint density at radius 2 is 1.63 bits per heavy atom. The van der Waals surface area contributed by atoms with Crippen LogP contribution in [0.15, 0.2) is 73.1 Å². The number of piperazine rings is 1. The van der Waals surface area contributed by atoms with E-state index < -0.39 is 0 Å². The molecular weight excluding hydrogens is 459 g/mol. The summed E-state index contributed by atoms with van der Waals surface area (Å²) in [5, 5.41) is 4.96. The van der Waals surface area contributed by atoms with Gasteiger partial charge in [0.05, 0.1) is 18.0 Å². The molecule has 0 spiro atoms. The Morgan fingerprint density at radius 1 is 0.914 bits per heavy atom. The molecule has 0 saturated carbocycles. The molecule has 1 fully saturated rings. The molecule has 3 heterocycles. The fourth-order valence-electron chi connectivity index (χ4n) is 4.61. The van der Waals surface area contributed by atoms with Crippen LogP contribution in [0.25, 0.3) is 17.1 Å². The van der Waals surface area contributed by atoms with Gasteiger partial charge in [0.1, 0.15) is 5.82 Å². The Hall–Kier alpha value is -3.36. The highest BCUT2D eigenvalue weighted by molar-refractivity contribution is 7.71. The lowest BCUT2D eigenvalue weighted by atomic mass is 10.0. The zero-order valence-electron chi connectivity index (χ0n) is 20.0. The van der Waals surface area contributed by atoms with E-state index >= 15 is 0 Å². The minimum absolute atomic E-state index is 0.174. The lowest BCUT2D eigenvalue weighted by molar-refractivity contribution is 0.194. The highest BCUT2D eigenvalue weighted by Crippen LogP contribution is 2.28. The Balaban J connectivity index is 1.45. The molecule has 180 valence electrons. The third-order valence-corrected chi connectivity index (χ3v) is 6.85. The zero-order chi connectivity index (χ0) is 24.4. The van der Waals surface area contributed by atoms with Crippen molar-refractivity contribution >= 4 is 17.9 Å². The number of pyridine rings is 1. The quantitative estimate of drug-likeness (QED) is 0.335. The first-order valence-electron chi connectivity index (χ1n) is 11.9. The van der Waals surface area contributed by atoms with Gasteiger partial charge in [-0.3, -0.25) is 14.5 Å². The molecule has 4 aromatic rings. The van der Waals surface area contributed by atoms with Gasteiger partial charge in [-0.05, 0) is 54.0 Å². The molecular formula is C27H29FN6S. The molecule has 0 aliphatic carbocycles. The highest BCUT2D eigenvalue weighted by atomic mass is 32.1. The minimum atomic E-state index is -0.174. The van der Waals surface area contributed by atoms with E-state index in [-0.39, 0.29) is 5.82 Å². The van der Waals surface area contributed by atoms with Crippen LogP contribution < -0.4 is 4.90 Å². The number of halogens is 1. The Labute approximate surface area is 210 Å². The summed E-state index contributed by atoms with van der Waals surface area (Å²) in [5.74, 6) is 0.942. The maximum absolute atomic E-state index is 14.2. The number of benzene rings is 2. The summed E-state index contributed by atoms with van der Waals surface area (Å²) in [7, 11) is 0. The van der Waals surface area contributed by atoms with Crippen LogP contribution in [-0.4, -0.2) is 50.4 Å².